The lowest BCUT2D eigenvalue weighted by Crippen LogP contribution is -1.75. The molecule has 0 spiro atoms. The van der Waals surface area contributed by atoms with E-state index in [0.717, 1.165) is 5.56 Å². The van der Waals surface area contributed by atoms with Crippen molar-refractivity contribution in [3.63, 3.8) is 0 Å². The van der Waals surface area contributed by atoms with Gasteiger partial charge in [-0.1, -0.05) is 12.1 Å². The minimum absolute atomic E-state index is 0.230. The summed E-state index contributed by atoms with van der Waals surface area (Å²) in [5, 5.41) is 6.29. The van der Waals surface area contributed by atoms with Crippen LogP contribution >= 0.6 is 12.2 Å². The molecule has 0 aliphatic heterocycles. The second kappa shape index (κ2) is 4.18. The highest BCUT2D eigenvalue weighted by molar-refractivity contribution is 7.71. The van der Waals surface area contributed by atoms with Crippen LogP contribution in [0.15, 0.2) is 28.7 Å². The average Bonchev–Trinajstić information content (AvgIpc) is 2.64. The largest absolute Gasteiger partial charge is 0.410 e. The van der Waals surface area contributed by atoms with Crippen LogP contribution in [-0.2, 0) is 0 Å². The van der Waals surface area contributed by atoms with Crippen LogP contribution in [0.5, 0.6) is 0 Å². The van der Waals surface area contributed by atoms with Gasteiger partial charge in [-0.05, 0) is 36.0 Å². The van der Waals surface area contributed by atoms with E-state index < -0.39 is 0 Å². The lowest BCUT2D eigenvalue weighted by atomic mass is 10.2. The lowest BCUT2D eigenvalue weighted by molar-refractivity contribution is 0.527. The van der Waals surface area contributed by atoms with Gasteiger partial charge in [0.2, 0.25) is 5.89 Å². The molecule has 0 atom stereocenters. The predicted octanol–water partition coefficient (Wildman–Crippen LogP) is 3.04. The van der Waals surface area contributed by atoms with Crippen molar-refractivity contribution in [2.24, 2.45) is 0 Å². The van der Waals surface area contributed by atoms with Gasteiger partial charge in [-0.15, -0.1) is 5.10 Å². The maximum Gasteiger partial charge on any atom is 0.284 e. The number of hydrogen-bond donors (Lipinski definition) is 1. The van der Waals surface area contributed by atoms with E-state index in [-0.39, 0.29) is 10.7 Å². The van der Waals surface area contributed by atoms with Gasteiger partial charge in [0.15, 0.2) is 0 Å². The number of rotatable bonds is 2. The van der Waals surface area contributed by atoms with Gasteiger partial charge in [-0.3, -0.25) is 0 Å². The summed E-state index contributed by atoms with van der Waals surface area (Å²) in [6.45, 7) is 0. The highest BCUT2D eigenvalue weighted by Gasteiger charge is 1.93. The summed E-state index contributed by atoms with van der Waals surface area (Å²) >= 11 is 4.71. The maximum atomic E-state index is 12.6. The molecule has 0 saturated heterocycles. The molecule has 1 aromatic carbocycles. The Balaban J connectivity index is 2.18. The molecule has 0 aliphatic rings. The molecule has 2 rings (SSSR count). The molecule has 76 valence electrons. The molecule has 0 radical (unpaired) electrons. The fourth-order valence-corrected chi connectivity index (χ4v) is 1.19. The van der Waals surface area contributed by atoms with Gasteiger partial charge in [-0.25, -0.2) is 9.49 Å². The topological polar surface area (TPSA) is 41.8 Å². The van der Waals surface area contributed by atoms with Crippen LogP contribution in [0.4, 0.5) is 4.39 Å². The van der Waals surface area contributed by atoms with Crippen molar-refractivity contribution >= 4 is 24.4 Å². The van der Waals surface area contributed by atoms with Crippen LogP contribution < -0.4 is 0 Å². The van der Waals surface area contributed by atoms with E-state index in [4.69, 9.17) is 16.6 Å². The van der Waals surface area contributed by atoms with Crippen molar-refractivity contribution in [3.05, 3.63) is 46.4 Å². The van der Waals surface area contributed by atoms with Crippen LogP contribution in [0, 0.1) is 10.7 Å². The van der Waals surface area contributed by atoms with Crippen LogP contribution in [-0.4, -0.2) is 10.2 Å². The normalized spacial score (nSPS) is 11.0. The fraction of sp³-hybridized carbons (Fsp3) is 0. The fourth-order valence-electron chi connectivity index (χ4n) is 1.05. The van der Waals surface area contributed by atoms with E-state index in [9.17, 15) is 4.39 Å². The molecule has 2 aromatic rings. The van der Waals surface area contributed by atoms with Crippen molar-refractivity contribution in [3.8, 4) is 0 Å². The van der Waals surface area contributed by atoms with Gasteiger partial charge in [0.25, 0.3) is 4.84 Å². The number of nitrogens with zero attached hydrogens (tertiary/aromatic N) is 1. The second-order valence-electron chi connectivity index (χ2n) is 2.84. The standard InChI is InChI=1S/C10H7FN2OS/c11-8-4-1-7(2-5-8)3-6-9-12-13-10(15)14-9/h1-6H,(H,13,15). The summed E-state index contributed by atoms with van der Waals surface area (Å²) in [6.07, 6.45) is 3.41. The smallest absolute Gasteiger partial charge is 0.284 e. The van der Waals surface area contributed by atoms with Crippen LogP contribution in [0.1, 0.15) is 11.5 Å². The molecule has 1 aromatic heterocycles. The number of benzene rings is 1. The molecule has 1 N–H and O–H groups in total. The third-order valence-corrected chi connectivity index (χ3v) is 1.92. The van der Waals surface area contributed by atoms with Crippen molar-refractivity contribution in [1.29, 1.82) is 0 Å². The molecular formula is C10H7FN2OS. The van der Waals surface area contributed by atoms with Gasteiger partial charge in [0.05, 0.1) is 0 Å². The molecule has 3 nitrogen and oxygen atoms in total. The Morgan fingerprint density at radius 2 is 2.00 bits per heavy atom. The van der Waals surface area contributed by atoms with Crippen molar-refractivity contribution in [2.45, 2.75) is 0 Å². The number of hydrogen-bond acceptors (Lipinski definition) is 3. The highest BCUT2D eigenvalue weighted by Crippen LogP contribution is 2.07. The predicted molar refractivity (Wildman–Crippen MR) is 57.0 cm³/mol. The van der Waals surface area contributed by atoms with E-state index in [2.05, 4.69) is 10.2 Å². The summed E-state index contributed by atoms with van der Waals surface area (Å²) in [7, 11) is 0. The Hall–Kier alpha value is -1.75. The number of aromatic amines is 1. The van der Waals surface area contributed by atoms with Crippen molar-refractivity contribution in [2.75, 3.05) is 0 Å². The van der Waals surface area contributed by atoms with Gasteiger partial charge in [-0.2, -0.15) is 0 Å². The van der Waals surface area contributed by atoms with Gasteiger partial charge in [0, 0.05) is 6.08 Å². The summed E-state index contributed by atoms with van der Waals surface area (Å²) in [5.74, 6) is 0.133. The summed E-state index contributed by atoms with van der Waals surface area (Å²) in [6, 6.07) is 6.10. The Kier molecular flexibility index (Phi) is 2.73. The molecule has 0 aliphatic carbocycles. The zero-order valence-electron chi connectivity index (χ0n) is 7.61. The average molecular weight is 222 g/mol. The third kappa shape index (κ3) is 2.60. The van der Waals surface area contributed by atoms with Crippen molar-refractivity contribution < 1.29 is 8.81 Å². The first-order valence-electron chi connectivity index (χ1n) is 4.23. The zero-order chi connectivity index (χ0) is 10.7. The zero-order valence-corrected chi connectivity index (χ0v) is 8.42. The molecule has 0 bridgehead atoms. The minimum atomic E-state index is -0.260. The van der Waals surface area contributed by atoms with Crippen LogP contribution in [0.3, 0.4) is 0 Å². The first-order chi connectivity index (χ1) is 7.24. The highest BCUT2D eigenvalue weighted by atomic mass is 32.1. The Morgan fingerprint density at radius 1 is 1.27 bits per heavy atom. The number of aromatic nitrogens is 2. The molecule has 5 heteroatoms. The third-order valence-electron chi connectivity index (χ3n) is 1.74. The molecular weight excluding hydrogens is 215 g/mol. The molecule has 0 amide bonds. The van der Waals surface area contributed by atoms with E-state index in [1.807, 2.05) is 0 Å². The summed E-state index contributed by atoms with van der Waals surface area (Å²) in [5.41, 5.74) is 0.862. The van der Waals surface area contributed by atoms with Crippen molar-refractivity contribution in [1.82, 2.24) is 10.2 Å². The Bertz CT molecular complexity index is 527. The van der Waals surface area contributed by atoms with Crippen LogP contribution in [0.2, 0.25) is 0 Å². The maximum absolute atomic E-state index is 12.6. The summed E-state index contributed by atoms with van der Waals surface area (Å²) < 4.78 is 17.6. The number of H-pyrrole nitrogens is 1. The van der Waals surface area contributed by atoms with E-state index in [0.29, 0.717) is 5.89 Å². The van der Waals surface area contributed by atoms with Gasteiger partial charge in [0.1, 0.15) is 5.82 Å². The van der Waals surface area contributed by atoms with Crippen LogP contribution in [0.25, 0.3) is 12.2 Å². The monoisotopic (exact) mass is 222 g/mol. The molecule has 0 fully saturated rings. The first kappa shape index (κ1) is 9.79. The number of nitrogens with one attached hydrogen (secondary N) is 1. The van der Waals surface area contributed by atoms with E-state index in [1.54, 1.807) is 24.3 Å². The first-order valence-corrected chi connectivity index (χ1v) is 4.64. The number of halogens is 1. The minimum Gasteiger partial charge on any atom is -0.410 e. The second-order valence-corrected chi connectivity index (χ2v) is 3.21. The van der Waals surface area contributed by atoms with Gasteiger partial charge < -0.3 is 4.42 Å². The quantitative estimate of drug-likeness (QED) is 0.794. The van der Waals surface area contributed by atoms with E-state index >= 15 is 0 Å². The SMILES string of the molecule is Fc1ccc(C=Cc2n[nH]c(=S)o2)cc1. The summed E-state index contributed by atoms with van der Waals surface area (Å²) in [4.78, 5) is 0.230. The molecule has 0 unspecified atom stereocenters. The lowest BCUT2D eigenvalue weighted by Gasteiger charge is -1.90. The van der Waals surface area contributed by atoms with E-state index in [1.165, 1.54) is 12.1 Å². The molecule has 0 saturated carbocycles. The Morgan fingerprint density at radius 3 is 2.60 bits per heavy atom. The Labute approximate surface area is 90.3 Å². The molecule has 15 heavy (non-hydrogen) atoms. The molecule has 1 heterocycles. The van der Waals surface area contributed by atoms with Gasteiger partial charge >= 0.3 is 0 Å².